The van der Waals surface area contributed by atoms with Crippen LogP contribution in [-0.2, 0) is 6.54 Å². The third kappa shape index (κ3) is 4.21. The molecule has 0 aliphatic heterocycles. The second-order valence-electron chi connectivity index (χ2n) is 6.32. The summed E-state index contributed by atoms with van der Waals surface area (Å²) >= 11 is 0. The lowest BCUT2D eigenvalue weighted by Crippen LogP contribution is -2.25. The van der Waals surface area contributed by atoms with Crippen LogP contribution in [0.2, 0.25) is 0 Å². The molecule has 27 heavy (non-hydrogen) atoms. The summed E-state index contributed by atoms with van der Waals surface area (Å²) in [6, 6.07) is 3.27. The number of hydrogen-bond donors (Lipinski definition) is 1. The van der Waals surface area contributed by atoms with Gasteiger partial charge < -0.3 is 9.88 Å². The molecular weight excluding hydrogens is 352 g/mol. The molecule has 0 saturated heterocycles. The molecule has 0 atom stereocenters. The van der Waals surface area contributed by atoms with Gasteiger partial charge in [0.25, 0.3) is 5.91 Å². The van der Waals surface area contributed by atoms with E-state index in [1.165, 1.54) is 10.7 Å². The molecule has 142 valence electrons. The second kappa shape index (κ2) is 8.11. The first-order chi connectivity index (χ1) is 13.0. The molecule has 0 spiro atoms. The fraction of sp³-hybridized carbons (Fsp3) is 0.316. The maximum absolute atomic E-state index is 14.1. The number of nitrogens with one attached hydrogen (secondary N) is 1. The fourth-order valence-corrected chi connectivity index (χ4v) is 2.99. The van der Waals surface area contributed by atoms with Gasteiger partial charge in [-0.05, 0) is 38.8 Å². The average molecular weight is 373 g/mol. The normalized spacial score (nSPS) is 11.0. The smallest absolute Gasteiger partial charge is 0.255 e. The van der Waals surface area contributed by atoms with Gasteiger partial charge in [0.15, 0.2) is 5.82 Å². The fourth-order valence-electron chi connectivity index (χ4n) is 2.99. The van der Waals surface area contributed by atoms with E-state index in [1.807, 2.05) is 10.8 Å². The molecule has 0 saturated carbocycles. The maximum Gasteiger partial charge on any atom is 0.255 e. The Balaban J connectivity index is 1.64. The van der Waals surface area contributed by atoms with Gasteiger partial charge in [-0.25, -0.2) is 18.4 Å². The number of amides is 1. The van der Waals surface area contributed by atoms with Crippen LogP contribution in [0.3, 0.4) is 0 Å². The van der Waals surface area contributed by atoms with Crippen LogP contribution < -0.4 is 5.32 Å². The second-order valence-corrected chi connectivity index (χ2v) is 6.32. The molecule has 3 rings (SSSR count). The van der Waals surface area contributed by atoms with E-state index in [9.17, 15) is 13.6 Å². The largest absolute Gasteiger partial charge is 0.352 e. The predicted octanol–water partition coefficient (Wildman–Crippen LogP) is 3.17. The van der Waals surface area contributed by atoms with Crippen molar-refractivity contribution in [3.8, 4) is 5.69 Å². The van der Waals surface area contributed by atoms with Crippen LogP contribution in [-0.4, -0.2) is 31.8 Å². The highest BCUT2D eigenvalue weighted by Crippen LogP contribution is 2.20. The van der Waals surface area contributed by atoms with E-state index in [0.29, 0.717) is 23.5 Å². The van der Waals surface area contributed by atoms with Crippen LogP contribution in [0.5, 0.6) is 0 Å². The Morgan fingerprint density at radius 1 is 1.22 bits per heavy atom. The maximum atomic E-state index is 14.1. The zero-order chi connectivity index (χ0) is 19.4. The van der Waals surface area contributed by atoms with Gasteiger partial charge in [-0.2, -0.15) is 5.10 Å². The number of halogens is 2. The SMILES string of the molecule is Cc1nn(-c2ccc(F)cc2F)c(C)c1C(=O)NCCCCn1ccnc1. The summed E-state index contributed by atoms with van der Waals surface area (Å²) in [5.41, 5.74) is 1.52. The zero-order valence-electron chi connectivity index (χ0n) is 15.2. The number of aryl methyl sites for hydroxylation is 2. The molecule has 0 unspecified atom stereocenters. The summed E-state index contributed by atoms with van der Waals surface area (Å²) in [5.74, 6) is -1.64. The highest BCUT2D eigenvalue weighted by molar-refractivity contribution is 5.96. The number of aromatic nitrogens is 4. The lowest BCUT2D eigenvalue weighted by molar-refractivity contribution is 0.0951. The standard InChI is InChI=1S/C19H21F2N5O/c1-13-18(19(27)23-7-3-4-9-25-10-8-22-12-25)14(2)26(24-13)17-6-5-15(20)11-16(17)21/h5-6,8,10-12H,3-4,7,9H2,1-2H3,(H,23,27). The quantitative estimate of drug-likeness (QED) is 0.647. The van der Waals surface area contributed by atoms with Crippen molar-refractivity contribution in [3.63, 3.8) is 0 Å². The van der Waals surface area contributed by atoms with Crippen molar-refractivity contribution in [3.05, 3.63) is 65.5 Å². The minimum Gasteiger partial charge on any atom is -0.352 e. The van der Waals surface area contributed by atoms with Crippen molar-refractivity contribution in [2.24, 2.45) is 0 Å². The number of rotatable bonds is 7. The number of nitrogens with zero attached hydrogens (tertiary/aromatic N) is 4. The van der Waals surface area contributed by atoms with Gasteiger partial charge in [-0.1, -0.05) is 0 Å². The molecule has 0 bridgehead atoms. The third-order valence-corrected chi connectivity index (χ3v) is 4.34. The summed E-state index contributed by atoms with van der Waals surface area (Å²) < 4.78 is 30.5. The van der Waals surface area contributed by atoms with Gasteiger partial charge >= 0.3 is 0 Å². The summed E-state index contributed by atoms with van der Waals surface area (Å²) in [4.78, 5) is 16.5. The zero-order valence-corrected chi connectivity index (χ0v) is 15.2. The van der Waals surface area contributed by atoms with Gasteiger partial charge in [0.1, 0.15) is 11.5 Å². The van der Waals surface area contributed by atoms with Crippen molar-refractivity contribution in [2.45, 2.75) is 33.2 Å². The average Bonchev–Trinajstić information content (AvgIpc) is 3.23. The molecule has 0 aliphatic rings. The van der Waals surface area contributed by atoms with Crippen molar-refractivity contribution < 1.29 is 13.6 Å². The van der Waals surface area contributed by atoms with E-state index < -0.39 is 11.6 Å². The van der Waals surface area contributed by atoms with Crippen LogP contribution in [0, 0.1) is 25.5 Å². The van der Waals surface area contributed by atoms with Gasteiger partial charge in [-0.15, -0.1) is 0 Å². The lowest BCUT2D eigenvalue weighted by Gasteiger charge is -2.08. The van der Waals surface area contributed by atoms with E-state index in [1.54, 1.807) is 26.4 Å². The minimum absolute atomic E-state index is 0.108. The van der Waals surface area contributed by atoms with Crippen molar-refractivity contribution in [1.29, 1.82) is 0 Å². The Labute approximate surface area is 155 Å². The van der Waals surface area contributed by atoms with Gasteiger partial charge in [-0.3, -0.25) is 4.79 Å². The van der Waals surface area contributed by atoms with Crippen molar-refractivity contribution >= 4 is 5.91 Å². The summed E-state index contributed by atoms with van der Waals surface area (Å²) in [6.07, 6.45) is 7.12. The molecule has 2 aromatic heterocycles. The van der Waals surface area contributed by atoms with E-state index >= 15 is 0 Å². The van der Waals surface area contributed by atoms with Gasteiger partial charge in [0.2, 0.25) is 0 Å². The molecule has 0 aliphatic carbocycles. The van der Waals surface area contributed by atoms with Crippen molar-refractivity contribution in [1.82, 2.24) is 24.6 Å². The first-order valence-corrected chi connectivity index (χ1v) is 8.73. The lowest BCUT2D eigenvalue weighted by atomic mass is 10.1. The Kier molecular flexibility index (Phi) is 5.63. The molecule has 1 amide bonds. The van der Waals surface area contributed by atoms with E-state index in [2.05, 4.69) is 15.4 Å². The molecule has 0 radical (unpaired) electrons. The first kappa shape index (κ1) is 18.8. The number of hydrogen-bond acceptors (Lipinski definition) is 3. The topological polar surface area (TPSA) is 64.7 Å². The number of carbonyl (C=O) groups is 1. The molecule has 3 aromatic rings. The predicted molar refractivity (Wildman–Crippen MR) is 96.7 cm³/mol. The molecule has 1 aromatic carbocycles. The molecular formula is C19H21F2N5O. The van der Waals surface area contributed by atoms with E-state index in [-0.39, 0.29) is 11.6 Å². The number of unbranched alkanes of at least 4 members (excludes halogenated alkanes) is 1. The third-order valence-electron chi connectivity index (χ3n) is 4.34. The minimum atomic E-state index is -0.730. The van der Waals surface area contributed by atoms with Gasteiger partial charge in [0.05, 0.1) is 23.3 Å². The first-order valence-electron chi connectivity index (χ1n) is 8.73. The van der Waals surface area contributed by atoms with Crippen LogP contribution >= 0.6 is 0 Å². The molecule has 1 N–H and O–H groups in total. The highest BCUT2D eigenvalue weighted by Gasteiger charge is 2.20. The summed E-state index contributed by atoms with van der Waals surface area (Å²) in [7, 11) is 0. The number of benzene rings is 1. The van der Waals surface area contributed by atoms with Crippen LogP contribution in [0.1, 0.15) is 34.6 Å². The Morgan fingerprint density at radius 2 is 2.04 bits per heavy atom. The highest BCUT2D eigenvalue weighted by atomic mass is 19.1. The molecule has 6 nitrogen and oxygen atoms in total. The van der Waals surface area contributed by atoms with E-state index in [0.717, 1.165) is 31.5 Å². The monoisotopic (exact) mass is 373 g/mol. The molecule has 8 heteroatoms. The summed E-state index contributed by atoms with van der Waals surface area (Å²) in [5, 5.41) is 7.13. The van der Waals surface area contributed by atoms with Crippen LogP contribution in [0.15, 0.2) is 36.9 Å². The van der Waals surface area contributed by atoms with Crippen LogP contribution in [0.25, 0.3) is 5.69 Å². The Hall–Kier alpha value is -3.03. The molecule has 2 heterocycles. The Morgan fingerprint density at radius 3 is 2.74 bits per heavy atom. The number of carbonyl (C=O) groups excluding carboxylic acids is 1. The van der Waals surface area contributed by atoms with E-state index in [4.69, 9.17) is 0 Å². The van der Waals surface area contributed by atoms with Crippen molar-refractivity contribution in [2.75, 3.05) is 6.54 Å². The Bertz CT molecular complexity index is 934. The summed E-state index contributed by atoms with van der Waals surface area (Å²) in [6.45, 7) is 4.76. The van der Waals surface area contributed by atoms with Gasteiger partial charge in [0, 0.05) is 31.5 Å². The van der Waals surface area contributed by atoms with Crippen LogP contribution in [0.4, 0.5) is 8.78 Å². The number of imidazole rings is 1. The molecule has 0 fully saturated rings.